The maximum Gasteiger partial charge on any atom is 0.204 e. The minimum Gasteiger partial charge on any atom is -0.419 e. The fraction of sp³-hybridized carbons (Fsp3) is 1.00. The summed E-state index contributed by atoms with van der Waals surface area (Å²) in [4.78, 5) is 10.8. The summed E-state index contributed by atoms with van der Waals surface area (Å²) in [5, 5.41) is 1.60. The van der Waals surface area contributed by atoms with Crippen LogP contribution in [0.3, 0.4) is 0 Å². The van der Waals surface area contributed by atoms with Gasteiger partial charge >= 0.3 is 0 Å². The summed E-state index contributed by atoms with van der Waals surface area (Å²) in [5.41, 5.74) is 0. The molecule has 0 aromatic rings. The number of hydrogen-bond acceptors (Lipinski definition) is 4. The van der Waals surface area contributed by atoms with Crippen molar-refractivity contribution in [3.8, 4) is 0 Å². The molecule has 0 spiro atoms. The van der Waals surface area contributed by atoms with Gasteiger partial charge in [-0.15, -0.1) is 0 Å². The second kappa shape index (κ2) is 5.07. The van der Waals surface area contributed by atoms with E-state index in [4.69, 9.17) is 14.1 Å². The Hall–Kier alpha value is 0.0569. The summed E-state index contributed by atoms with van der Waals surface area (Å²) in [7, 11) is 0.143. The van der Waals surface area contributed by atoms with Crippen LogP contribution < -0.4 is 0 Å². The lowest BCUT2D eigenvalue weighted by Gasteiger charge is -2.26. The zero-order chi connectivity index (χ0) is 9.73. The van der Waals surface area contributed by atoms with E-state index in [0.717, 1.165) is 32.2 Å². The summed E-state index contributed by atoms with van der Waals surface area (Å²) < 4.78 is 5.42. The number of hydroxylamine groups is 2. The van der Waals surface area contributed by atoms with Crippen LogP contribution in [0.5, 0.6) is 0 Å². The Labute approximate surface area is 80.8 Å². The molecule has 0 radical (unpaired) electrons. The van der Waals surface area contributed by atoms with Gasteiger partial charge in [-0.3, -0.25) is 9.68 Å². The first kappa shape index (κ1) is 11.1. The van der Waals surface area contributed by atoms with Gasteiger partial charge in [0.25, 0.3) is 0 Å². The Balaban J connectivity index is 2.33. The summed E-state index contributed by atoms with van der Waals surface area (Å²) in [5.74, 6) is 0. The summed E-state index contributed by atoms with van der Waals surface area (Å²) in [6.07, 6.45) is 2.92. The van der Waals surface area contributed by atoms with Gasteiger partial charge in [0.2, 0.25) is 8.32 Å². The van der Waals surface area contributed by atoms with Gasteiger partial charge in [-0.25, -0.2) is 0 Å². The Morgan fingerprint density at radius 3 is 2.23 bits per heavy atom. The van der Waals surface area contributed by atoms with Crippen molar-refractivity contribution in [1.82, 2.24) is 5.23 Å². The van der Waals surface area contributed by atoms with Crippen LogP contribution in [0.25, 0.3) is 0 Å². The van der Waals surface area contributed by atoms with Crippen molar-refractivity contribution in [1.29, 1.82) is 0 Å². The Morgan fingerprint density at radius 2 is 1.77 bits per heavy atom. The third-order valence-corrected chi connectivity index (χ3v) is 4.20. The molecule has 13 heavy (non-hydrogen) atoms. The maximum atomic E-state index is 5.42. The van der Waals surface area contributed by atoms with Crippen LogP contribution in [0.4, 0.5) is 0 Å². The van der Waals surface area contributed by atoms with Crippen molar-refractivity contribution >= 4 is 8.32 Å². The number of hydrogen-bond donors (Lipinski definition) is 0. The van der Waals surface area contributed by atoms with Gasteiger partial charge in [0, 0.05) is 7.11 Å². The van der Waals surface area contributed by atoms with E-state index in [1.165, 1.54) is 0 Å². The Bertz CT molecular complexity index is 146. The van der Waals surface area contributed by atoms with E-state index in [-0.39, 0.29) is 0 Å². The van der Waals surface area contributed by atoms with E-state index in [9.17, 15) is 0 Å². The third kappa shape index (κ3) is 4.19. The summed E-state index contributed by atoms with van der Waals surface area (Å²) >= 11 is 0. The van der Waals surface area contributed by atoms with Crippen LogP contribution in [0.1, 0.15) is 12.8 Å². The van der Waals surface area contributed by atoms with Crippen LogP contribution in [0.15, 0.2) is 0 Å². The molecular formula is C8H19NO3Si. The molecule has 0 unspecified atom stereocenters. The molecule has 0 aromatic carbocycles. The van der Waals surface area contributed by atoms with Gasteiger partial charge in [-0.1, -0.05) is 5.23 Å². The molecule has 1 saturated heterocycles. The van der Waals surface area contributed by atoms with Crippen molar-refractivity contribution in [2.75, 3.05) is 26.5 Å². The first-order valence-electron chi connectivity index (χ1n) is 4.72. The molecule has 0 bridgehead atoms. The highest BCUT2D eigenvalue weighted by Crippen LogP contribution is 2.10. The lowest BCUT2D eigenvalue weighted by molar-refractivity contribution is -0.350. The molecule has 1 fully saturated rings. The highest BCUT2D eigenvalue weighted by Gasteiger charge is 2.26. The molecular weight excluding hydrogens is 186 g/mol. The van der Waals surface area contributed by atoms with Gasteiger partial charge in [-0.05, 0) is 25.9 Å². The standard InChI is InChI=1S/C8H19NO3Si/c1-10-13(2,3)8-9-11-6-4-5-7-12-9/h4-8H2,1-3H3. The molecule has 0 amide bonds. The molecule has 0 aliphatic carbocycles. The van der Waals surface area contributed by atoms with Gasteiger partial charge in [-0.2, -0.15) is 0 Å². The smallest absolute Gasteiger partial charge is 0.204 e. The lowest BCUT2D eigenvalue weighted by atomic mass is 10.3. The highest BCUT2D eigenvalue weighted by atomic mass is 28.4. The minimum atomic E-state index is -1.61. The van der Waals surface area contributed by atoms with Crippen molar-refractivity contribution in [3.63, 3.8) is 0 Å². The molecule has 0 N–H and O–H groups in total. The van der Waals surface area contributed by atoms with Crippen LogP contribution in [-0.4, -0.2) is 40.0 Å². The average Bonchev–Trinajstić information content (AvgIpc) is 2.32. The van der Waals surface area contributed by atoms with Crippen molar-refractivity contribution in [2.45, 2.75) is 25.9 Å². The Morgan fingerprint density at radius 1 is 1.23 bits per heavy atom. The van der Waals surface area contributed by atoms with Crippen LogP contribution in [0.2, 0.25) is 13.1 Å². The van der Waals surface area contributed by atoms with E-state index >= 15 is 0 Å². The fourth-order valence-corrected chi connectivity index (χ4v) is 1.97. The topological polar surface area (TPSA) is 30.9 Å². The fourth-order valence-electron chi connectivity index (χ4n) is 1.04. The molecule has 4 nitrogen and oxygen atoms in total. The first-order valence-corrected chi connectivity index (χ1v) is 7.84. The predicted molar refractivity (Wildman–Crippen MR) is 52.3 cm³/mol. The second-order valence-electron chi connectivity index (χ2n) is 3.83. The summed E-state index contributed by atoms with van der Waals surface area (Å²) in [6, 6.07) is 0. The molecule has 1 heterocycles. The van der Waals surface area contributed by atoms with Crippen molar-refractivity contribution < 1.29 is 14.1 Å². The van der Waals surface area contributed by atoms with Gasteiger partial charge in [0.15, 0.2) is 0 Å². The lowest BCUT2D eigenvalue weighted by Crippen LogP contribution is -2.44. The maximum absolute atomic E-state index is 5.42. The van der Waals surface area contributed by atoms with E-state index < -0.39 is 8.32 Å². The molecule has 5 heteroatoms. The molecule has 0 atom stereocenters. The largest absolute Gasteiger partial charge is 0.419 e. The minimum absolute atomic E-state index is 0.758. The quantitative estimate of drug-likeness (QED) is 0.651. The zero-order valence-corrected chi connectivity index (χ0v) is 9.71. The summed E-state index contributed by atoms with van der Waals surface area (Å²) in [6.45, 7) is 5.80. The van der Waals surface area contributed by atoms with Crippen LogP contribution >= 0.6 is 0 Å². The van der Waals surface area contributed by atoms with E-state index in [2.05, 4.69) is 13.1 Å². The Kier molecular flexibility index (Phi) is 4.34. The first-order chi connectivity index (χ1) is 6.14. The zero-order valence-electron chi connectivity index (χ0n) is 8.71. The predicted octanol–water partition coefficient (Wildman–Crippen LogP) is 1.34. The van der Waals surface area contributed by atoms with Gasteiger partial charge in [0.05, 0.1) is 19.4 Å². The SMILES string of the molecule is CO[Si](C)(C)CN1OCCCCO1. The van der Waals surface area contributed by atoms with Crippen molar-refractivity contribution in [2.24, 2.45) is 0 Å². The molecule has 0 saturated carbocycles. The monoisotopic (exact) mass is 205 g/mol. The van der Waals surface area contributed by atoms with Crippen LogP contribution in [0, 0.1) is 0 Å². The van der Waals surface area contributed by atoms with E-state index in [1.807, 2.05) is 0 Å². The molecule has 1 aliphatic heterocycles. The third-order valence-electron chi connectivity index (χ3n) is 2.07. The molecule has 1 rings (SSSR count). The number of nitrogens with zero attached hydrogens (tertiary/aromatic N) is 1. The highest BCUT2D eigenvalue weighted by molar-refractivity contribution is 6.71. The average molecular weight is 205 g/mol. The molecule has 0 aromatic heterocycles. The van der Waals surface area contributed by atoms with E-state index in [1.54, 1.807) is 12.3 Å². The van der Waals surface area contributed by atoms with Crippen molar-refractivity contribution in [3.05, 3.63) is 0 Å². The normalized spacial score (nSPS) is 21.5. The van der Waals surface area contributed by atoms with Gasteiger partial charge in [0.1, 0.15) is 0 Å². The number of rotatable bonds is 3. The van der Waals surface area contributed by atoms with Gasteiger partial charge < -0.3 is 4.43 Å². The second-order valence-corrected chi connectivity index (χ2v) is 8.07. The van der Waals surface area contributed by atoms with Crippen LogP contribution in [-0.2, 0) is 14.1 Å². The molecule has 78 valence electrons. The van der Waals surface area contributed by atoms with E-state index in [0.29, 0.717) is 0 Å². The molecule has 1 aliphatic rings.